The van der Waals surface area contributed by atoms with E-state index in [0.717, 1.165) is 56.3 Å². The van der Waals surface area contributed by atoms with E-state index < -0.39 is 0 Å². The topological polar surface area (TPSA) is 36.4 Å². The molecule has 3 aromatic rings. The van der Waals surface area contributed by atoms with Crippen molar-refractivity contribution >= 4 is 40.0 Å². The first-order valence-corrected chi connectivity index (χ1v) is 13.6. The number of aromatic nitrogens is 1. The SMILES string of the molecule is CC.O=C(c1cnc2ccccc2c1)N1CCC(N2CCC(Cc3ccc(Cl)c(Cl)c3)CC2)CC1. The summed E-state index contributed by atoms with van der Waals surface area (Å²) in [7, 11) is 0. The number of benzene rings is 2. The van der Waals surface area contributed by atoms with Crippen LogP contribution in [0.3, 0.4) is 0 Å². The molecule has 0 spiro atoms. The van der Waals surface area contributed by atoms with Crippen LogP contribution in [0.1, 0.15) is 55.5 Å². The summed E-state index contributed by atoms with van der Waals surface area (Å²) in [6, 6.07) is 16.5. The molecule has 2 fully saturated rings. The third-order valence-electron chi connectivity index (χ3n) is 7.26. The fourth-order valence-corrected chi connectivity index (χ4v) is 5.65. The summed E-state index contributed by atoms with van der Waals surface area (Å²) in [5.41, 5.74) is 2.89. The van der Waals surface area contributed by atoms with Gasteiger partial charge in [-0.15, -0.1) is 0 Å². The monoisotopic (exact) mass is 511 g/mol. The molecule has 2 saturated heterocycles. The van der Waals surface area contributed by atoms with Crippen molar-refractivity contribution in [3.8, 4) is 0 Å². The van der Waals surface area contributed by atoms with Gasteiger partial charge in [0.25, 0.3) is 5.91 Å². The molecule has 0 bridgehead atoms. The molecular formula is C29H35Cl2N3O. The zero-order valence-electron chi connectivity index (χ0n) is 20.7. The number of rotatable bonds is 4. The minimum atomic E-state index is 0.104. The van der Waals surface area contributed by atoms with E-state index in [2.05, 4.69) is 16.0 Å². The maximum atomic E-state index is 13.0. The van der Waals surface area contributed by atoms with Crippen LogP contribution in [0.5, 0.6) is 0 Å². The van der Waals surface area contributed by atoms with Gasteiger partial charge in [0, 0.05) is 30.7 Å². The second kappa shape index (κ2) is 12.2. The Kier molecular flexibility index (Phi) is 9.04. The van der Waals surface area contributed by atoms with Crippen LogP contribution < -0.4 is 0 Å². The van der Waals surface area contributed by atoms with Crippen molar-refractivity contribution in [2.45, 2.75) is 52.0 Å². The third-order valence-corrected chi connectivity index (χ3v) is 8.00. The number of hydrogen-bond acceptors (Lipinski definition) is 3. The zero-order chi connectivity index (χ0) is 24.8. The number of likely N-dealkylation sites (tertiary alicyclic amines) is 2. The Hall–Kier alpha value is -2.14. The number of para-hydroxylation sites is 1. The van der Waals surface area contributed by atoms with Gasteiger partial charge in [0.2, 0.25) is 0 Å². The van der Waals surface area contributed by atoms with Crippen molar-refractivity contribution in [3.05, 3.63) is 75.9 Å². The minimum Gasteiger partial charge on any atom is -0.338 e. The molecule has 0 unspecified atom stereocenters. The van der Waals surface area contributed by atoms with Gasteiger partial charge in [0.05, 0.1) is 21.1 Å². The predicted octanol–water partition coefficient (Wildman–Crippen LogP) is 7.13. The molecule has 1 amide bonds. The maximum absolute atomic E-state index is 13.0. The fraction of sp³-hybridized carbons (Fsp3) is 0.448. The van der Waals surface area contributed by atoms with Crippen LogP contribution >= 0.6 is 23.2 Å². The van der Waals surface area contributed by atoms with Crippen LogP contribution in [-0.2, 0) is 6.42 Å². The number of hydrogen-bond donors (Lipinski definition) is 0. The molecule has 1 aromatic heterocycles. The van der Waals surface area contributed by atoms with E-state index in [1.165, 1.54) is 18.4 Å². The number of pyridine rings is 1. The van der Waals surface area contributed by atoms with Crippen LogP contribution in [0.4, 0.5) is 0 Å². The van der Waals surface area contributed by atoms with E-state index >= 15 is 0 Å². The summed E-state index contributed by atoms with van der Waals surface area (Å²) in [6.07, 6.45) is 7.30. The first-order valence-electron chi connectivity index (χ1n) is 12.9. The lowest BCUT2D eigenvalue weighted by Crippen LogP contribution is -2.49. The maximum Gasteiger partial charge on any atom is 0.255 e. The molecule has 0 atom stereocenters. The second-order valence-electron chi connectivity index (χ2n) is 9.37. The van der Waals surface area contributed by atoms with E-state index in [9.17, 15) is 4.79 Å². The second-order valence-corrected chi connectivity index (χ2v) is 10.2. The average Bonchev–Trinajstić information content (AvgIpc) is 2.92. The van der Waals surface area contributed by atoms with Gasteiger partial charge in [0.1, 0.15) is 0 Å². The summed E-state index contributed by atoms with van der Waals surface area (Å²) < 4.78 is 0. The summed E-state index contributed by atoms with van der Waals surface area (Å²) in [5.74, 6) is 0.799. The van der Waals surface area contributed by atoms with Gasteiger partial charge < -0.3 is 9.80 Å². The van der Waals surface area contributed by atoms with Crippen LogP contribution in [0, 0.1) is 5.92 Å². The van der Waals surface area contributed by atoms with Crippen molar-refractivity contribution in [1.82, 2.24) is 14.8 Å². The number of amides is 1. The first-order chi connectivity index (χ1) is 17.1. The van der Waals surface area contributed by atoms with E-state index in [1.807, 2.05) is 61.2 Å². The highest BCUT2D eigenvalue weighted by molar-refractivity contribution is 6.42. The van der Waals surface area contributed by atoms with Gasteiger partial charge in [-0.2, -0.15) is 0 Å². The first kappa shape index (κ1) is 25.9. The van der Waals surface area contributed by atoms with E-state index in [1.54, 1.807) is 6.20 Å². The quantitative estimate of drug-likeness (QED) is 0.373. The predicted molar refractivity (Wildman–Crippen MR) is 146 cm³/mol. The molecule has 0 aliphatic carbocycles. The normalized spacial score (nSPS) is 17.8. The Morgan fingerprint density at radius 3 is 2.34 bits per heavy atom. The molecule has 5 rings (SSSR count). The number of carbonyl (C=O) groups is 1. The average molecular weight is 513 g/mol. The van der Waals surface area contributed by atoms with Gasteiger partial charge in [0.15, 0.2) is 0 Å². The Morgan fingerprint density at radius 1 is 0.914 bits per heavy atom. The molecule has 2 aliphatic heterocycles. The van der Waals surface area contributed by atoms with E-state index in [-0.39, 0.29) is 5.91 Å². The highest BCUT2D eigenvalue weighted by Gasteiger charge is 2.30. The van der Waals surface area contributed by atoms with Gasteiger partial charge in [-0.1, -0.05) is 61.3 Å². The summed E-state index contributed by atoms with van der Waals surface area (Å²) in [4.78, 5) is 22.1. The van der Waals surface area contributed by atoms with Gasteiger partial charge in [-0.05, 0) is 80.9 Å². The molecule has 4 nitrogen and oxygen atoms in total. The van der Waals surface area contributed by atoms with Gasteiger partial charge >= 0.3 is 0 Å². The lowest BCUT2D eigenvalue weighted by Gasteiger charge is -2.42. The Labute approximate surface area is 219 Å². The van der Waals surface area contributed by atoms with Crippen LogP contribution in [0.25, 0.3) is 10.9 Å². The molecule has 0 saturated carbocycles. The Bertz CT molecular complexity index is 1140. The number of halogens is 2. The lowest BCUT2D eigenvalue weighted by atomic mass is 9.88. The Balaban J connectivity index is 0.00000141. The standard InChI is InChI=1S/C27H29Cl2N3O.C2H6/c28-24-6-5-20(16-25(24)29)15-19-7-11-31(12-8-19)23-9-13-32(14-10-23)27(33)22-17-21-3-1-2-4-26(21)30-18-22;1-2/h1-6,16-19,23H,7-15H2;1-2H3. The summed E-state index contributed by atoms with van der Waals surface area (Å²) >= 11 is 12.2. The zero-order valence-corrected chi connectivity index (χ0v) is 22.2. The number of carbonyl (C=O) groups excluding carboxylic acids is 1. The van der Waals surface area contributed by atoms with Crippen molar-refractivity contribution < 1.29 is 4.79 Å². The molecule has 0 N–H and O–H groups in total. The third kappa shape index (κ3) is 6.35. The van der Waals surface area contributed by atoms with Crippen LogP contribution in [0.15, 0.2) is 54.7 Å². The number of fused-ring (bicyclic) bond motifs is 1. The molecule has 6 heteroatoms. The lowest BCUT2D eigenvalue weighted by molar-refractivity contribution is 0.0552. The van der Waals surface area contributed by atoms with Gasteiger partial charge in [-0.25, -0.2) is 0 Å². The van der Waals surface area contributed by atoms with Crippen LogP contribution in [-0.4, -0.2) is 52.9 Å². The van der Waals surface area contributed by atoms with Crippen molar-refractivity contribution in [3.63, 3.8) is 0 Å². The van der Waals surface area contributed by atoms with Crippen LogP contribution in [0.2, 0.25) is 10.0 Å². The van der Waals surface area contributed by atoms with E-state index in [4.69, 9.17) is 23.2 Å². The smallest absolute Gasteiger partial charge is 0.255 e. The number of nitrogens with zero attached hydrogens (tertiary/aromatic N) is 3. The highest BCUT2D eigenvalue weighted by atomic mass is 35.5. The molecular weight excluding hydrogens is 477 g/mol. The van der Waals surface area contributed by atoms with Gasteiger partial charge in [-0.3, -0.25) is 9.78 Å². The van der Waals surface area contributed by atoms with Crippen molar-refractivity contribution in [1.29, 1.82) is 0 Å². The molecule has 35 heavy (non-hydrogen) atoms. The number of piperidine rings is 2. The fourth-order valence-electron chi connectivity index (χ4n) is 5.33. The Morgan fingerprint density at radius 2 is 1.63 bits per heavy atom. The molecule has 3 heterocycles. The largest absolute Gasteiger partial charge is 0.338 e. The van der Waals surface area contributed by atoms with E-state index in [0.29, 0.717) is 27.6 Å². The molecule has 0 radical (unpaired) electrons. The highest BCUT2D eigenvalue weighted by Crippen LogP contribution is 2.29. The molecule has 186 valence electrons. The summed E-state index contributed by atoms with van der Waals surface area (Å²) in [6.45, 7) is 7.91. The van der Waals surface area contributed by atoms with Crippen molar-refractivity contribution in [2.24, 2.45) is 5.92 Å². The molecule has 2 aliphatic rings. The van der Waals surface area contributed by atoms with Crippen molar-refractivity contribution in [2.75, 3.05) is 26.2 Å². The summed E-state index contributed by atoms with van der Waals surface area (Å²) in [5, 5.41) is 2.28. The molecule has 2 aromatic carbocycles. The minimum absolute atomic E-state index is 0.104.